The highest BCUT2D eigenvalue weighted by atomic mass is 32.2. The summed E-state index contributed by atoms with van der Waals surface area (Å²) < 4.78 is 26.6. The number of hydrogen-bond donors (Lipinski definition) is 2. The molecule has 0 saturated carbocycles. The minimum absolute atomic E-state index is 0.0229. The fourth-order valence-corrected chi connectivity index (χ4v) is 2.79. The predicted octanol–water partition coefficient (Wildman–Crippen LogP) is 1.26. The van der Waals surface area contributed by atoms with E-state index in [0.29, 0.717) is 12.2 Å². The fraction of sp³-hybridized carbons (Fsp3) is 0.467. The summed E-state index contributed by atoms with van der Waals surface area (Å²) in [5.74, 6) is -0.506. The second kappa shape index (κ2) is 8.19. The zero-order valence-electron chi connectivity index (χ0n) is 13.6. The Labute approximate surface area is 136 Å². The maximum absolute atomic E-state index is 12.2. The number of hydrogen-bond acceptors (Lipinski definition) is 5. The van der Waals surface area contributed by atoms with Gasteiger partial charge in [0.05, 0.1) is 11.5 Å². The van der Waals surface area contributed by atoms with Crippen molar-refractivity contribution in [1.29, 1.82) is 0 Å². The van der Waals surface area contributed by atoms with Crippen LogP contribution in [0.15, 0.2) is 29.2 Å². The number of carbonyl (C=O) groups is 2. The van der Waals surface area contributed by atoms with Gasteiger partial charge in [0, 0.05) is 5.56 Å². The van der Waals surface area contributed by atoms with Crippen molar-refractivity contribution in [3.63, 3.8) is 0 Å². The van der Waals surface area contributed by atoms with Crippen molar-refractivity contribution in [3.8, 4) is 0 Å². The summed E-state index contributed by atoms with van der Waals surface area (Å²) >= 11 is 0. The number of Topliss-reactive ketones (excluding diaryl/α,β-unsaturated/α-hetero) is 1. The molecule has 0 radical (unpaired) electrons. The first-order valence-electron chi connectivity index (χ1n) is 7.18. The molecule has 0 spiro atoms. The maximum Gasteiger partial charge on any atom is 0.261 e. The van der Waals surface area contributed by atoms with Gasteiger partial charge in [0.25, 0.3) is 5.91 Å². The molecule has 1 rings (SSSR count). The van der Waals surface area contributed by atoms with Gasteiger partial charge in [-0.25, -0.2) is 13.9 Å². The van der Waals surface area contributed by atoms with E-state index in [9.17, 15) is 18.0 Å². The summed E-state index contributed by atoms with van der Waals surface area (Å²) in [6.07, 6.45) is 0. The average molecular weight is 342 g/mol. The lowest BCUT2D eigenvalue weighted by Gasteiger charge is -2.15. The number of ketones is 1. The van der Waals surface area contributed by atoms with Crippen LogP contribution in [0.3, 0.4) is 0 Å². The van der Waals surface area contributed by atoms with Gasteiger partial charge < -0.3 is 0 Å². The van der Waals surface area contributed by atoms with E-state index in [4.69, 9.17) is 4.84 Å². The van der Waals surface area contributed by atoms with Crippen molar-refractivity contribution in [2.24, 2.45) is 5.92 Å². The first kappa shape index (κ1) is 19.3. The number of amides is 1. The first-order valence-corrected chi connectivity index (χ1v) is 8.66. The molecule has 1 aromatic rings. The van der Waals surface area contributed by atoms with E-state index < -0.39 is 22.0 Å². The summed E-state index contributed by atoms with van der Waals surface area (Å²) in [7, 11) is -3.87. The molecule has 0 aliphatic carbocycles. The molecule has 8 heteroatoms. The Kier molecular flexibility index (Phi) is 6.86. The van der Waals surface area contributed by atoms with Crippen LogP contribution in [0, 0.1) is 5.92 Å². The van der Waals surface area contributed by atoms with E-state index in [1.165, 1.54) is 38.1 Å². The fourth-order valence-electron chi connectivity index (χ4n) is 1.59. The second-order valence-electron chi connectivity index (χ2n) is 5.59. The lowest BCUT2D eigenvalue weighted by Crippen LogP contribution is -2.44. The van der Waals surface area contributed by atoms with Crippen molar-refractivity contribution in [2.75, 3.05) is 6.61 Å². The third-order valence-electron chi connectivity index (χ3n) is 2.89. The number of rotatable bonds is 8. The molecular weight excluding hydrogens is 320 g/mol. The quantitative estimate of drug-likeness (QED) is 0.547. The van der Waals surface area contributed by atoms with Crippen LogP contribution in [-0.2, 0) is 19.7 Å². The van der Waals surface area contributed by atoms with Crippen LogP contribution in [0.5, 0.6) is 0 Å². The minimum atomic E-state index is -3.87. The Morgan fingerprint density at radius 2 is 1.70 bits per heavy atom. The number of nitrogens with one attached hydrogen (secondary N) is 2. The highest BCUT2D eigenvalue weighted by Crippen LogP contribution is 2.11. The zero-order chi connectivity index (χ0) is 17.6. The number of benzene rings is 1. The topological polar surface area (TPSA) is 102 Å². The Balaban J connectivity index is 2.69. The largest absolute Gasteiger partial charge is 0.295 e. The molecule has 0 bridgehead atoms. The van der Waals surface area contributed by atoms with Crippen LogP contribution in [0.1, 0.15) is 38.1 Å². The normalized spacial score (nSPS) is 12.9. The summed E-state index contributed by atoms with van der Waals surface area (Å²) in [4.78, 5) is 27.9. The van der Waals surface area contributed by atoms with Crippen molar-refractivity contribution >= 4 is 21.7 Å². The van der Waals surface area contributed by atoms with Crippen molar-refractivity contribution in [1.82, 2.24) is 10.2 Å². The molecule has 23 heavy (non-hydrogen) atoms. The zero-order valence-corrected chi connectivity index (χ0v) is 14.4. The number of hydroxylamine groups is 1. The number of sulfonamides is 1. The summed E-state index contributed by atoms with van der Waals surface area (Å²) in [5, 5.41) is 0. The maximum atomic E-state index is 12.2. The van der Waals surface area contributed by atoms with E-state index in [-0.39, 0.29) is 16.6 Å². The summed E-state index contributed by atoms with van der Waals surface area (Å²) in [5.41, 5.74) is 2.62. The standard InChI is InChI=1S/C15H22N2O5S/c1-10(2)9-22-16-15(19)11(3)17-23(20,21)14-7-5-13(6-8-14)12(4)18/h5-8,10-11,17H,9H2,1-4H3,(H,16,19). The molecule has 0 saturated heterocycles. The van der Waals surface area contributed by atoms with E-state index in [2.05, 4.69) is 10.2 Å². The molecule has 1 unspecified atom stereocenters. The van der Waals surface area contributed by atoms with Gasteiger partial charge in [0.2, 0.25) is 10.0 Å². The van der Waals surface area contributed by atoms with Crippen LogP contribution >= 0.6 is 0 Å². The second-order valence-corrected chi connectivity index (χ2v) is 7.31. The van der Waals surface area contributed by atoms with Crippen LogP contribution in [0.4, 0.5) is 0 Å². The Morgan fingerprint density at radius 3 is 2.17 bits per heavy atom. The monoisotopic (exact) mass is 342 g/mol. The van der Waals surface area contributed by atoms with Crippen LogP contribution < -0.4 is 10.2 Å². The van der Waals surface area contributed by atoms with Gasteiger partial charge in [0.1, 0.15) is 6.04 Å². The van der Waals surface area contributed by atoms with E-state index in [0.717, 1.165) is 0 Å². The first-order chi connectivity index (χ1) is 10.6. The molecule has 7 nitrogen and oxygen atoms in total. The molecule has 128 valence electrons. The molecular formula is C15H22N2O5S. The third-order valence-corrected chi connectivity index (χ3v) is 4.44. The SMILES string of the molecule is CC(=O)c1ccc(S(=O)(=O)NC(C)C(=O)NOCC(C)C)cc1. The van der Waals surface area contributed by atoms with E-state index in [1.807, 2.05) is 13.8 Å². The van der Waals surface area contributed by atoms with E-state index >= 15 is 0 Å². The summed E-state index contributed by atoms with van der Waals surface area (Å²) in [6, 6.07) is 4.48. The highest BCUT2D eigenvalue weighted by molar-refractivity contribution is 7.89. The Morgan fingerprint density at radius 1 is 1.13 bits per heavy atom. The molecule has 0 aromatic heterocycles. The average Bonchev–Trinajstić information content (AvgIpc) is 2.46. The summed E-state index contributed by atoms with van der Waals surface area (Å²) in [6.45, 7) is 6.98. The predicted molar refractivity (Wildman–Crippen MR) is 85.2 cm³/mol. The molecule has 0 fully saturated rings. The van der Waals surface area contributed by atoms with Gasteiger partial charge in [-0.3, -0.25) is 14.4 Å². The third kappa shape index (κ3) is 6.09. The molecule has 2 N–H and O–H groups in total. The number of carbonyl (C=O) groups excluding carboxylic acids is 2. The van der Waals surface area contributed by atoms with Crippen LogP contribution in [0.2, 0.25) is 0 Å². The Hall–Kier alpha value is -1.77. The van der Waals surface area contributed by atoms with Crippen LogP contribution in [0.25, 0.3) is 0 Å². The van der Waals surface area contributed by atoms with Gasteiger partial charge in [-0.05, 0) is 31.9 Å². The van der Waals surface area contributed by atoms with Crippen molar-refractivity contribution < 1.29 is 22.8 Å². The van der Waals surface area contributed by atoms with Gasteiger partial charge in [-0.2, -0.15) is 4.72 Å². The van der Waals surface area contributed by atoms with Crippen LogP contribution in [-0.4, -0.2) is 32.8 Å². The minimum Gasteiger partial charge on any atom is -0.295 e. The Bertz CT molecular complexity index is 653. The molecule has 0 aliphatic rings. The van der Waals surface area contributed by atoms with Gasteiger partial charge in [-0.1, -0.05) is 26.0 Å². The molecule has 1 amide bonds. The lowest BCUT2D eigenvalue weighted by molar-refractivity contribution is -0.135. The van der Waals surface area contributed by atoms with Gasteiger partial charge in [-0.15, -0.1) is 0 Å². The van der Waals surface area contributed by atoms with Crippen molar-refractivity contribution in [2.45, 2.75) is 38.6 Å². The van der Waals surface area contributed by atoms with E-state index in [1.54, 1.807) is 0 Å². The molecule has 0 aliphatic heterocycles. The van der Waals surface area contributed by atoms with Crippen molar-refractivity contribution in [3.05, 3.63) is 29.8 Å². The highest BCUT2D eigenvalue weighted by Gasteiger charge is 2.22. The molecule has 1 aromatic carbocycles. The lowest BCUT2D eigenvalue weighted by atomic mass is 10.2. The van der Waals surface area contributed by atoms with Gasteiger partial charge >= 0.3 is 0 Å². The molecule has 1 atom stereocenters. The molecule has 0 heterocycles. The smallest absolute Gasteiger partial charge is 0.261 e. The van der Waals surface area contributed by atoms with Gasteiger partial charge in [0.15, 0.2) is 5.78 Å².